The SMILES string of the molecule is CCOc1cc(C(=O)OCc2cc(=O)n3c(C)cccc3n2)ccc1OC. The summed E-state index contributed by atoms with van der Waals surface area (Å²) >= 11 is 0. The zero-order chi connectivity index (χ0) is 19.4. The number of esters is 1. The highest BCUT2D eigenvalue weighted by Gasteiger charge is 2.13. The second-order valence-corrected chi connectivity index (χ2v) is 5.82. The maximum atomic E-state index is 12.3. The fourth-order valence-electron chi connectivity index (χ4n) is 2.73. The van der Waals surface area contributed by atoms with Gasteiger partial charge in [-0.2, -0.15) is 0 Å². The Kier molecular flexibility index (Phi) is 5.40. The summed E-state index contributed by atoms with van der Waals surface area (Å²) in [5.41, 5.74) is 1.80. The van der Waals surface area contributed by atoms with Gasteiger partial charge in [0.15, 0.2) is 11.5 Å². The summed E-state index contributed by atoms with van der Waals surface area (Å²) in [4.78, 5) is 29.0. The largest absolute Gasteiger partial charge is 0.493 e. The van der Waals surface area contributed by atoms with E-state index in [0.717, 1.165) is 5.69 Å². The predicted molar refractivity (Wildman–Crippen MR) is 99.5 cm³/mol. The third-order valence-corrected chi connectivity index (χ3v) is 3.98. The molecule has 3 rings (SSSR count). The molecule has 0 atom stereocenters. The van der Waals surface area contributed by atoms with Gasteiger partial charge in [0, 0.05) is 11.8 Å². The molecule has 0 aliphatic carbocycles. The second-order valence-electron chi connectivity index (χ2n) is 5.82. The van der Waals surface area contributed by atoms with Gasteiger partial charge < -0.3 is 14.2 Å². The Balaban J connectivity index is 1.79. The van der Waals surface area contributed by atoms with Gasteiger partial charge in [0.2, 0.25) is 0 Å². The van der Waals surface area contributed by atoms with Gasteiger partial charge in [0.1, 0.15) is 12.3 Å². The van der Waals surface area contributed by atoms with Gasteiger partial charge in [-0.05, 0) is 44.2 Å². The normalized spacial score (nSPS) is 10.6. The molecule has 0 amide bonds. The van der Waals surface area contributed by atoms with E-state index in [9.17, 15) is 9.59 Å². The van der Waals surface area contributed by atoms with Crippen molar-refractivity contribution in [2.75, 3.05) is 13.7 Å². The van der Waals surface area contributed by atoms with E-state index in [4.69, 9.17) is 14.2 Å². The molecule has 0 saturated heterocycles. The average Bonchev–Trinajstić information content (AvgIpc) is 2.66. The highest BCUT2D eigenvalue weighted by atomic mass is 16.5. The lowest BCUT2D eigenvalue weighted by Crippen LogP contribution is -2.18. The molecule has 2 heterocycles. The topological polar surface area (TPSA) is 79.1 Å². The molecule has 0 fully saturated rings. The summed E-state index contributed by atoms with van der Waals surface area (Å²) < 4.78 is 17.5. The molecule has 140 valence electrons. The summed E-state index contributed by atoms with van der Waals surface area (Å²) in [6, 6.07) is 11.6. The van der Waals surface area contributed by atoms with Crippen LogP contribution in [0.15, 0.2) is 47.3 Å². The van der Waals surface area contributed by atoms with E-state index in [1.165, 1.54) is 17.6 Å². The van der Waals surface area contributed by atoms with E-state index in [2.05, 4.69) is 4.98 Å². The second kappa shape index (κ2) is 7.90. The number of nitrogens with zero attached hydrogens (tertiary/aromatic N) is 2. The van der Waals surface area contributed by atoms with Crippen LogP contribution in [-0.4, -0.2) is 29.1 Å². The van der Waals surface area contributed by atoms with Crippen molar-refractivity contribution in [3.8, 4) is 11.5 Å². The molecule has 0 radical (unpaired) electrons. The minimum Gasteiger partial charge on any atom is -0.493 e. The highest BCUT2D eigenvalue weighted by molar-refractivity contribution is 5.90. The van der Waals surface area contributed by atoms with Crippen LogP contribution in [-0.2, 0) is 11.3 Å². The van der Waals surface area contributed by atoms with Gasteiger partial charge in [0.25, 0.3) is 5.56 Å². The number of aromatic nitrogens is 2. The van der Waals surface area contributed by atoms with Gasteiger partial charge in [0.05, 0.1) is 25.0 Å². The van der Waals surface area contributed by atoms with Crippen molar-refractivity contribution in [1.82, 2.24) is 9.38 Å². The summed E-state index contributed by atoms with van der Waals surface area (Å²) in [7, 11) is 1.53. The molecule has 7 heteroatoms. The number of rotatable bonds is 6. The highest BCUT2D eigenvalue weighted by Crippen LogP contribution is 2.28. The fourth-order valence-corrected chi connectivity index (χ4v) is 2.73. The minimum atomic E-state index is -0.537. The molecule has 0 saturated carbocycles. The molecule has 0 aliphatic rings. The van der Waals surface area contributed by atoms with Crippen LogP contribution in [0.3, 0.4) is 0 Å². The molecular weight excluding hydrogens is 348 g/mol. The monoisotopic (exact) mass is 368 g/mol. The Morgan fingerprint density at radius 3 is 2.70 bits per heavy atom. The number of pyridine rings is 1. The first kappa shape index (κ1) is 18.4. The first-order valence-corrected chi connectivity index (χ1v) is 8.49. The Bertz CT molecular complexity index is 1040. The molecule has 2 aromatic heterocycles. The first-order chi connectivity index (χ1) is 13.0. The predicted octanol–water partition coefficient (Wildman–Crippen LogP) is 2.77. The van der Waals surface area contributed by atoms with Crippen LogP contribution in [0, 0.1) is 6.92 Å². The smallest absolute Gasteiger partial charge is 0.338 e. The van der Waals surface area contributed by atoms with E-state index < -0.39 is 5.97 Å². The van der Waals surface area contributed by atoms with Crippen molar-refractivity contribution in [2.24, 2.45) is 0 Å². The van der Waals surface area contributed by atoms with Crippen LogP contribution in [0.5, 0.6) is 11.5 Å². The van der Waals surface area contributed by atoms with Crippen molar-refractivity contribution in [2.45, 2.75) is 20.5 Å². The van der Waals surface area contributed by atoms with Crippen molar-refractivity contribution in [3.63, 3.8) is 0 Å². The quantitative estimate of drug-likeness (QED) is 0.623. The Morgan fingerprint density at radius 1 is 1.15 bits per heavy atom. The number of ether oxygens (including phenoxy) is 3. The summed E-state index contributed by atoms with van der Waals surface area (Å²) in [6.45, 7) is 4.01. The van der Waals surface area contributed by atoms with Crippen LogP contribution in [0.25, 0.3) is 5.65 Å². The van der Waals surface area contributed by atoms with E-state index in [1.54, 1.807) is 24.3 Å². The van der Waals surface area contributed by atoms with E-state index in [-0.39, 0.29) is 12.2 Å². The van der Waals surface area contributed by atoms with E-state index in [0.29, 0.717) is 35.0 Å². The van der Waals surface area contributed by atoms with Crippen LogP contribution in [0.2, 0.25) is 0 Å². The van der Waals surface area contributed by atoms with Crippen LogP contribution in [0.1, 0.15) is 28.7 Å². The maximum absolute atomic E-state index is 12.3. The number of methoxy groups -OCH3 is 1. The van der Waals surface area contributed by atoms with Gasteiger partial charge in [-0.25, -0.2) is 9.78 Å². The van der Waals surface area contributed by atoms with Crippen LogP contribution < -0.4 is 15.0 Å². The molecule has 1 aromatic carbocycles. The van der Waals surface area contributed by atoms with E-state index in [1.807, 2.05) is 26.0 Å². The van der Waals surface area contributed by atoms with Crippen molar-refractivity contribution in [1.29, 1.82) is 0 Å². The Labute approximate surface area is 156 Å². The number of hydrogen-bond donors (Lipinski definition) is 0. The summed E-state index contributed by atoms with van der Waals surface area (Å²) in [5.74, 6) is 0.463. The maximum Gasteiger partial charge on any atom is 0.338 e. The first-order valence-electron chi connectivity index (χ1n) is 8.49. The van der Waals surface area contributed by atoms with Gasteiger partial charge in [-0.1, -0.05) is 6.07 Å². The summed E-state index contributed by atoms with van der Waals surface area (Å²) in [6.07, 6.45) is 0. The zero-order valence-electron chi connectivity index (χ0n) is 15.4. The molecular formula is C20H20N2O5. The molecule has 0 aliphatic heterocycles. The van der Waals surface area contributed by atoms with Crippen molar-refractivity contribution in [3.05, 3.63) is 69.8 Å². The average molecular weight is 368 g/mol. The number of hydrogen-bond acceptors (Lipinski definition) is 6. The fraction of sp³-hybridized carbons (Fsp3) is 0.250. The molecule has 27 heavy (non-hydrogen) atoms. The molecule has 3 aromatic rings. The van der Waals surface area contributed by atoms with Gasteiger partial charge in [-0.3, -0.25) is 9.20 Å². The zero-order valence-corrected chi connectivity index (χ0v) is 15.4. The third kappa shape index (κ3) is 3.92. The lowest BCUT2D eigenvalue weighted by Gasteiger charge is -2.11. The number of benzene rings is 1. The molecule has 0 spiro atoms. The molecule has 7 nitrogen and oxygen atoms in total. The minimum absolute atomic E-state index is 0.103. The number of carbonyl (C=O) groups is 1. The Morgan fingerprint density at radius 2 is 1.96 bits per heavy atom. The molecule has 0 bridgehead atoms. The van der Waals surface area contributed by atoms with Crippen LogP contribution >= 0.6 is 0 Å². The van der Waals surface area contributed by atoms with Gasteiger partial charge >= 0.3 is 5.97 Å². The summed E-state index contributed by atoms with van der Waals surface area (Å²) in [5, 5.41) is 0. The lowest BCUT2D eigenvalue weighted by atomic mass is 10.2. The molecule has 0 N–H and O–H groups in total. The number of fused-ring (bicyclic) bond motifs is 1. The number of aryl methyl sites for hydroxylation is 1. The van der Waals surface area contributed by atoms with Crippen molar-refractivity contribution >= 4 is 11.6 Å². The van der Waals surface area contributed by atoms with Crippen LogP contribution in [0.4, 0.5) is 0 Å². The number of carbonyl (C=O) groups excluding carboxylic acids is 1. The van der Waals surface area contributed by atoms with E-state index >= 15 is 0 Å². The Hall–Kier alpha value is -3.35. The van der Waals surface area contributed by atoms with Crippen molar-refractivity contribution < 1.29 is 19.0 Å². The van der Waals surface area contributed by atoms with Gasteiger partial charge in [-0.15, -0.1) is 0 Å². The molecule has 0 unspecified atom stereocenters. The lowest BCUT2D eigenvalue weighted by molar-refractivity contribution is 0.0467. The third-order valence-electron chi connectivity index (χ3n) is 3.98. The standard InChI is InChI=1S/C20H20N2O5/c1-4-26-17-10-14(8-9-16(17)25-3)20(24)27-12-15-11-19(23)22-13(2)6-5-7-18(22)21-15/h5-11H,4,12H2,1-3H3.